The Balaban J connectivity index is 2.21. The van der Waals surface area contributed by atoms with Crippen molar-refractivity contribution < 1.29 is 0 Å². The van der Waals surface area contributed by atoms with Crippen LogP contribution in [0.4, 0.5) is 0 Å². The zero-order chi connectivity index (χ0) is 9.97. The van der Waals surface area contributed by atoms with Crippen LogP contribution in [0.15, 0.2) is 18.2 Å². The molecule has 0 saturated carbocycles. The maximum atomic E-state index is 5.94. The number of halogens is 2. The summed E-state index contributed by atoms with van der Waals surface area (Å²) in [5, 5.41) is 8.12. The third-order valence-electron chi connectivity index (χ3n) is 2.33. The number of piperazine rings is 1. The Morgan fingerprint density at radius 2 is 1.79 bits per heavy atom. The normalized spacial score (nSPS) is 22.3. The molecule has 76 valence electrons. The van der Waals surface area contributed by atoms with E-state index in [0.717, 1.165) is 25.2 Å². The third-order valence-corrected chi connectivity index (χ3v) is 2.76. The molecule has 1 aromatic carbocycles. The molecule has 2 N–H and O–H groups in total. The summed E-state index contributed by atoms with van der Waals surface area (Å²) in [6, 6.07) is 5.99. The number of nitrogens with one attached hydrogen (secondary N) is 2. The van der Waals surface area contributed by atoms with Crippen LogP contribution in [-0.4, -0.2) is 19.6 Å². The maximum Gasteiger partial charge on any atom is 0.0448 e. The van der Waals surface area contributed by atoms with Crippen molar-refractivity contribution in [3.8, 4) is 0 Å². The summed E-state index contributed by atoms with van der Waals surface area (Å²) in [6.07, 6.45) is 0. The minimum absolute atomic E-state index is 0.319. The second kappa shape index (κ2) is 4.49. The Hall–Kier alpha value is -0.280. The number of benzene rings is 1. The molecule has 1 heterocycles. The zero-order valence-corrected chi connectivity index (χ0v) is 9.20. The molecule has 0 amide bonds. The van der Waals surface area contributed by atoms with E-state index >= 15 is 0 Å². The predicted molar refractivity (Wildman–Crippen MR) is 60.1 cm³/mol. The van der Waals surface area contributed by atoms with Crippen LogP contribution in [0.5, 0.6) is 0 Å². The molecule has 1 atom stereocenters. The van der Waals surface area contributed by atoms with Crippen molar-refractivity contribution in [2.75, 3.05) is 19.6 Å². The average Bonchev–Trinajstić information content (AvgIpc) is 2.18. The molecule has 0 spiro atoms. The summed E-state index contributed by atoms with van der Waals surface area (Å²) in [7, 11) is 0. The van der Waals surface area contributed by atoms with E-state index in [1.807, 2.05) is 12.1 Å². The zero-order valence-electron chi connectivity index (χ0n) is 7.69. The lowest BCUT2D eigenvalue weighted by atomic mass is 10.1. The fraction of sp³-hybridized carbons (Fsp3) is 0.400. The second-order valence-electron chi connectivity index (χ2n) is 3.41. The van der Waals surface area contributed by atoms with Crippen molar-refractivity contribution in [1.29, 1.82) is 0 Å². The minimum Gasteiger partial charge on any atom is -0.314 e. The first-order chi connectivity index (χ1) is 6.75. The lowest BCUT2D eigenvalue weighted by Crippen LogP contribution is -2.42. The van der Waals surface area contributed by atoms with E-state index in [9.17, 15) is 0 Å². The van der Waals surface area contributed by atoms with Crippen molar-refractivity contribution in [2.45, 2.75) is 6.04 Å². The summed E-state index contributed by atoms with van der Waals surface area (Å²) in [5.41, 5.74) is 1.15. The van der Waals surface area contributed by atoms with E-state index in [1.54, 1.807) is 6.07 Å². The Bertz CT molecular complexity index is 302. The fourth-order valence-corrected chi connectivity index (χ4v) is 2.21. The fourth-order valence-electron chi connectivity index (χ4n) is 1.67. The highest BCUT2D eigenvalue weighted by Crippen LogP contribution is 2.23. The van der Waals surface area contributed by atoms with E-state index in [4.69, 9.17) is 23.2 Å². The monoisotopic (exact) mass is 230 g/mol. The first kappa shape index (κ1) is 10.2. The summed E-state index contributed by atoms with van der Waals surface area (Å²) in [4.78, 5) is 0. The number of hydrogen-bond donors (Lipinski definition) is 2. The summed E-state index contributed by atoms with van der Waals surface area (Å²) < 4.78 is 0. The molecule has 0 aliphatic carbocycles. The van der Waals surface area contributed by atoms with Gasteiger partial charge in [0, 0.05) is 35.7 Å². The van der Waals surface area contributed by atoms with Gasteiger partial charge in [-0.25, -0.2) is 0 Å². The Kier molecular flexibility index (Phi) is 3.29. The van der Waals surface area contributed by atoms with Gasteiger partial charge >= 0.3 is 0 Å². The predicted octanol–water partition coefficient (Wildman–Crippen LogP) is 2.23. The van der Waals surface area contributed by atoms with Gasteiger partial charge in [-0.15, -0.1) is 0 Å². The Morgan fingerprint density at radius 3 is 2.36 bits per heavy atom. The molecule has 1 saturated heterocycles. The SMILES string of the molecule is Clc1cc(Cl)cc([C@@H]2CNCCN2)c1. The molecule has 1 aromatic rings. The van der Waals surface area contributed by atoms with E-state index in [1.165, 1.54) is 0 Å². The van der Waals surface area contributed by atoms with Crippen LogP contribution in [-0.2, 0) is 0 Å². The van der Waals surface area contributed by atoms with Crippen LogP contribution < -0.4 is 10.6 Å². The minimum atomic E-state index is 0.319. The highest BCUT2D eigenvalue weighted by atomic mass is 35.5. The summed E-state index contributed by atoms with van der Waals surface area (Å²) in [5.74, 6) is 0. The van der Waals surface area contributed by atoms with Crippen LogP contribution in [0.25, 0.3) is 0 Å². The molecule has 14 heavy (non-hydrogen) atoms. The molecular weight excluding hydrogens is 219 g/mol. The van der Waals surface area contributed by atoms with Gasteiger partial charge in [0.25, 0.3) is 0 Å². The molecule has 2 rings (SSSR count). The van der Waals surface area contributed by atoms with Gasteiger partial charge in [0.1, 0.15) is 0 Å². The van der Waals surface area contributed by atoms with Crippen molar-refractivity contribution in [2.24, 2.45) is 0 Å². The van der Waals surface area contributed by atoms with Crippen LogP contribution in [0.3, 0.4) is 0 Å². The molecule has 1 aliphatic rings. The molecule has 2 nitrogen and oxygen atoms in total. The Labute approximate surface area is 93.6 Å². The number of rotatable bonds is 1. The molecule has 0 aromatic heterocycles. The van der Waals surface area contributed by atoms with Crippen LogP contribution in [0.1, 0.15) is 11.6 Å². The first-order valence-electron chi connectivity index (χ1n) is 4.66. The summed E-state index contributed by atoms with van der Waals surface area (Å²) in [6.45, 7) is 2.93. The van der Waals surface area contributed by atoms with Crippen molar-refractivity contribution >= 4 is 23.2 Å². The van der Waals surface area contributed by atoms with Crippen molar-refractivity contribution in [3.63, 3.8) is 0 Å². The van der Waals surface area contributed by atoms with Gasteiger partial charge in [-0.05, 0) is 23.8 Å². The lowest BCUT2D eigenvalue weighted by Gasteiger charge is -2.25. The van der Waals surface area contributed by atoms with Crippen LogP contribution in [0.2, 0.25) is 10.0 Å². The van der Waals surface area contributed by atoms with Gasteiger partial charge in [0.05, 0.1) is 0 Å². The molecule has 0 bridgehead atoms. The second-order valence-corrected chi connectivity index (χ2v) is 4.29. The third kappa shape index (κ3) is 2.39. The smallest absolute Gasteiger partial charge is 0.0448 e. The standard InChI is InChI=1S/C10H12Cl2N2/c11-8-3-7(4-9(12)5-8)10-6-13-1-2-14-10/h3-5,10,13-14H,1-2,6H2/t10-/m0/s1. The highest BCUT2D eigenvalue weighted by molar-refractivity contribution is 6.34. The largest absolute Gasteiger partial charge is 0.314 e. The maximum absolute atomic E-state index is 5.94. The molecule has 1 fully saturated rings. The summed E-state index contributed by atoms with van der Waals surface area (Å²) >= 11 is 11.9. The average molecular weight is 231 g/mol. The molecular formula is C10H12Cl2N2. The van der Waals surface area contributed by atoms with E-state index in [2.05, 4.69) is 10.6 Å². The van der Waals surface area contributed by atoms with Crippen LogP contribution in [0, 0.1) is 0 Å². The van der Waals surface area contributed by atoms with Crippen LogP contribution >= 0.6 is 23.2 Å². The number of hydrogen-bond acceptors (Lipinski definition) is 2. The van der Waals surface area contributed by atoms with Gasteiger partial charge in [-0.1, -0.05) is 23.2 Å². The highest BCUT2D eigenvalue weighted by Gasteiger charge is 2.14. The van der Waals surface area contributed by atoms with E-state index < -0.39 is 0 Å². The van der Waals surface area contributed by atoms with Crippen molar-refractivity contribution in [3.05, 3.63) is 33.8 Å². The van der Waals surface area contributed by atoms with E-state index in [0.29, 0.717) is 16.1 Å². The van der Waals surface area contributed by atoms with E-state index in [-0.39, 0.29) is 0 Å². The Morgan fingerprint density at radius 1 is 1.07 bits per heavy atom. The van der Waals surface area contributed by atoms with Crippen molar-refractivity contribution in [1.82, 2.24) is 10.6 Å². The molecule has 1 aliphatic heterocycles. The first-order valence-corrected chi connectivity index (χ1v) is 5.41. The topological polar surface area (TPSA) is 24.1 Å². The van der Waals surface area contributed by atoms with Gasteiger partial charge < -0.3 is 10.6 Å². The quantitative estimate of drug-likeness (QED) is 0.774. The van der Waals surface area contributed by atoms with Gasteiger partial charge in [0.15, 0.2) is 0 Å². The van der Waals surface area contributed by atoms with Gasteiger partial charge in [-0.2, -0.15) is 0 Å². The van der Waals surface area contributed by atoms with Gasteiger partial charge in [0.2, 0.25) is 0 Å². The molecule has 0 radical (unpaired) electrons. The molecule has 4 heteroatoms. The lowest BCUT2D eigenvalue weighted by molar-refractivity contribution is 0.430. The molecule has 0 unspecified atom stereocenters. The van der Waals surface area contributed by atoms with Gasteiger partial charge in [-0.3, -0.25) is 0 Å².